The summed E-state index contributed by atoms with van der Waals surface area (Å²) in [5.41, 5.74) is 0. The summed E-state index contributed by atoms with van der Waals surface area (Å²) in [4.78, 5) is 15.2. The topological polar surface area (TPSA) is 32.3 Å². The SMILES string of the molecule is c1cnc(N2C[C@H]3CN(Cc4cccs4)C[C@@H]3C2)nc1. The first-order valence-electron chi connectivity index (χ1n) is 7.15. The van der Waals surface area contributed by atoms with E-state index < -0.39 is 0 Å². The summed E-state index contributed by atoms with van der Waals surface area (Å²) in [6.07, 6.45) is 3.67. The molecule has 4 nitrogen and oxygen atoms in total. The Morgan fingerprint density at radius 3 is 2.45 bits per heavy atom. The predicted molar refractivity (Wildman–Crippen MR) is 80.8 cm³/mol. The average Bonchev–Trinajstić information content (AvgIpc) is 3.16. The van der Waals surface area contributed by atoms with E-state index in [9.17, 15) is 0 Å². The van der Waals surface area contributed by atoms with Crippen molar-refractivity contribution in [1.29, 1.82) is 0 Å². The number of hydrogen-bond donors (Lipinski definition) is 0. The molecule has 0 saturated carbocycles. The van der Waals surface area contributed by atoms with Gasteiger partial charge in [-0.15, -0.1) is 11.3 Å². The molecule has 4 rings (SSSR count). The van der Waals surface area contributed by atoms with E-state index in [1.54, 1.807) is 0 Å². The van der Waals surface area contributed by atoms with Crippen molar-refractivity contribution in [1.82, 2.24) is 14.9 Å². The minimum absolute atomic E-state index is 0.777. The fraction of sp³-hybridized carbons (Fsp3) is 0.467. The summed E-state index contributed by atoms with van der Waals surface area (Å²) in [6.45, 7) is 5.76. The van der Waals surface area contributed by atoms with Crippen molar-refractivity contribution >= 4 is 17.3 Å². The lowest BCUT2D eigenvalue weighted by atomic mass is 10.0. The molecule has 2 aromatic heterocycles. The zero-order valence-electron chi connectivity index (χ0n) is 11.4. The number of aromatic nitrogens is 2. The quantitative estimate of drug-likeness (QED) is 0.865. The Kier molecular flexibility index (Phi) is 3.16. The number of anilines is 1. The highest BCUT2D eigenvalue weighted by Crippen LogP contribution is 2.33. The fourth-order valence-corrected chi connectivity index (χ4v) is 4.21. The van der Waals surface area contributed by atoms with E-state index in [1.165, 1.54) is 18.0 Å². The van der Waals surface area contributed by atoms with Gasteiger partial charge in [-0.3, -0.25) is 4.90 Å². The van der Waals surface area contributed by atoms with E-state index in [0.717, 1.165) is 37.4 Å². The summed E-state index contributed by atoms with van der Waals surface area (Å²) in [5.74, 6) is 2.45. The van der Waals surface area contributed by atoms with Crippen LogP contribution < -0.4 is 4.90 Å². The molecule has 104 valence electrons. The Labute approximate surface area is 123 Å². The molecule has 20 heavy (non-hydrogen) atoms. The Bertz CT molecular complexity index is 543. The van der Waals surface area contributed by atoms with E-state index >= 15 is 0 Å². The van der Waals surface area contributed by atoms with Crippen LogP contribution >= 0.6 is 11.3 Å². The molecule has 2 saturated heterocycles. The standard InChI is InChI=1S/C15H18N4S/c1-3-14(20-6-1)11-18-7-12-9-19(10-13(12)8-18)15-16-4-2-5-17-15/h1-6,12-13H,7-11H2/t12-,13-/m1/s1. The van der Waals surface area contributed by atoms with Gasteiger partial charge in [-0.2, -0.15) is 0 Å². The Hall–Kier alpha value is -1.46. The van der Waals surface area contributed by atoms with Gasteiger partial charge in [0.25, 0.3) is 0 Å². The molecule has 0 unspecified atom stereocenters. The zero-order valence-corrected chi connectivity index (χ0v) is 12.2. The van der Waals surface area contributed by atoms with Crippen LogP contribution in [0.2, 0.25) is 0 Å². The molecular weight excluding hydrogens is 268 g/mol. The van der Waals surface area contributed by atoms with Gasteiger partial charge in [0.15, 0.2) is 0 Å². The average molecular weight is 286 g/mol. The summed E-state index contributed by atoms with van der Waals surface area (Å²) in [5, 5.41) is 2.17. The normalized spacial score (nSPS) is 26.1. The second-order valence-corrected chi connectivity index (χ2v) is 6.78. The van der Waals surface area contributed by atoms with Gasteiger partial charge in [-0.1, -0.05) is 6.07 Å². The van der Waals surface area contributed by atoms with Gasteiger partial charge < -0.3 is 4.90 Å². The van der Waals surface area contributed by atoms with Crippen molar-refractivity contribution in [2.45, 2.75) is 6.54 Å². The second-order valence-electron chi connectivity index (χ2n) is 5.75. The van der Waals surface area contributed by atoms with Crippen LogP contribution in [0, 0.1) is 11.8 Å². The highest BCUT2D eigenvalue weighted by Gasteiger charge is 2.40. The summed E-state index contributed by atoms with van der Waals surface area (Å²) in [7, 11) is 0. The molecule has 2 aromatic rings. The number of fused-ring (bicyclic) bond motifs is 1. The largest absolute Gasteiger partial charge is 0.340 e. The molecule has 0 N–H and O–H groups in total. The number of thiophene rings is 1. The first-order valence-corrected chi connectivity index (χ1v) is 8.03. The lowest BCUT2D eigenvalue weighted by Crippen LogP contribution is -2.29. The van der Waals surface area contributed by atoms with Gasteiger partial charge in [0.1, 0.15) is 0 Å². The molecule has 4 heterocycles. The van der Waals surface area contributed by atoms with E-state index in [1.807, 2.05) is 29.8 Å². The summed E-state index contributed by atoms with van der Waals surface area (Å²) in [6, 6.07) is 6.26. The molecule has 2 aliphatic heterocycles. The third-order valence-corrected chi connectivity index (χ3v) is 5.22. The molecule has 5 heteroatoms. The molecule has 0 bridgehead atoms. The van der Waals surface area contributed by atoms with Gasteiger partial charge in [0, 0.05) is 50.0 Å². The maximum Gasteiger partial charge on any atom is 0.225 e. The third-order valence-electron chi connectivity index (χ3n) is 4.36. The van der Waals surface area contributed by atoms with Crippen LogP contribution in [0.4, 0.5) is 5.95 Å². The maximum atomic E-state index is 4.37. The van der Waals surface area contributed by atoms with Crippen LogP contribution in [0.25, 0.3) is 0 Å². The third kappa shape index (κ3) is 2.31. The van der Waals surface area contributed by atoms with Crippen LogP contribution in [0.15, 0.2) is 36.0 Å². The van der Waals surface area contributed by atoms with Crippen molar-refractivity contribution in [2.24, 2.45) is 11.8 Å². The molecule has 2 atom stereocenters. The first kappa shape index (κ1) is 12.3. The van der Waals surface area contributed by atoms with Crippen LogP contribution in [-0.4, -0.2) is 41.0 Å². The molecule has 0 aromatic carbocycles. The number of nitrogens with zero attached hydrogens (tertiary/aromatic N) is 4. The van der Waals surface area contributed by atoms with Crippen molar-refractivity contribution in [2.75, 3.05) is 31.1 Å². The summed E-state index contributed by atoms with van der Waals surface area (Å²) < 4.78 is 0. The molecule has 0 aliphatic carbocycles. The maximum absolute atomic E-state index is 4.37. The zero-order chi connectivity index (χ0) is 13.4. The summed E-state index contributed by atoms with van der Waals surface area (Å²) >= 11 is 1.86. The lowest BCUT2D eigenvalue weighted by Gasteiger charge is -2.20. The lowest BCUT2D eigenvalue weighted by molar-refractivity contribution is 0.311. The molecule has 0 spiro atoms. The van der Waals surface area contributed by atoms with Gasteiger partial charge in [0.05, 0.1) is 0 Å². The van der Waals surface area contributed by atoms with Crippen LogP contribution in [0.5, 0.6) is 0 Å². The minimum atomic E-state index is 0.777. The van der Waals surface area contributed by atoms with Crippen molar-refractivity contribution in [3.05, 3.63) is 40.8 Å². The monoisotopic (exact) mass is 286 g/mol. The van der Waals surface area contributed by atoms with Crippen LogP contribution in [-0.2, 0) is 6.54 Å². The fourth-order valence-electron chi connectivity index (χ4n) is 3.46. The van der Waals surface area contributed by atoms with Crippen molar-refractivity contribution in [3.8, 4) is 0 Å². The van der Waals surface area contributed by atoms with Crippen LogP contribution in [0.3, 0.4) is 0 Å². The smallest absolute Gasteiger partial charge is 0.225 e. The van der Waals surface area contributed by atoms with Gasteiger partial charge >= 0.3 is 0 Å². The van der Waals surface area contributed by atoms with E-state index in [-0.39, 0.29) is 0 Å². The second kappa shape index (κ2) is 5.14. The van der Waals surface area contributed by atoms with E-state index in [0.29, 0.717) is 0 Å². The number of likely N-dealkylation sites (tertiary alicyclic amines) is 1. The highest BCUT2D eigenvalue weighted by atomic mass is 32.1. The van der Waals surface area contributed by atoms with Gasteiger partial charge in [0.2, 0.25) is 5.95 Å². The molecule has 2 aliphatic rings. The van der Waals surface area contributed by atoms with Crippen LogP contribution in [0.1, 0.15) is 4.88 Å². The predicted octanol–water partition coefficient (Wildman–Crippen LogP) is 2.11. The van der Waals surface area contributed by atoms with Gasteiger partial charge in [-0.05, 0) is 29.3 Å². The minimum Gasteiger partial charge on any atom is -0.340 e. The highest BCUT2D eigenvalue weighted by molar-refractivity contribution is 7.09. The molecule has 0 radical (unpaired) electrons. The molecule has 0 amide bonds. The van der Waals surface area contributed by atoms with Crippen molar-refractivity contribution < 1.29 is 0 Å². The van der Waals surface area contributed by atoms with Crippen molar-refractivity contribution in [3.63, 3.8) is 0 Å². The number of hydrogen-bond acceptors (Lipinski definition) is 5. The Balaban J connectivity index is 1.38. The number of rotatable bonds is 3. The molecular formula is C15H18N4S. The van der Waals surface area contributed by atoms with E-state index in [2.05, 4.69) is 37.3 Å². The van der Waals surface area contributed by atoms with E-state index in [4.69, 9.17) is 0 Å². The van der Waals surface area contributed by atoms with Gasteiger partial charge in [-0.25, -0.2) is 9.97 Å². The Morgan fingerprint density at radius 1 is 1.05 bits per heavy atom. The first-order chi connectivity index (χ1) is 9.88. The Morgan fingerprint density at radius 2 is 1.80 bits per heavy atom. The molecule has 2 fully saturated rings.